The van der Waals surface area contributed by atoms with Crippen LogP contribution in [-0.2, 0) is 9.59 Å². The maximum atomic E-state index is 12.3. The van der Waals surface area contributed by atoms with E-state index >= 15 is 0 Å². The van der Waals surface area contributed by atoms with Gasteiger partial charge in [0.15, 0.2) is 0 Å². The lowest BCUT2D eigenvalue weighted by atomic mass is 10.0. The second-order valence-corrected chi connectivity index (χ2v) is 6.04. The molecule has 4 rings (SSSR count). The Morgan fingerprint density at radius 1 is 0.750 bits per heavy atom. The van der Waals surface area contributed by atoms with Gasteiger partial charge in [-0.1, -0.05) is 30.2 Å². The van der Waals surface area contributed by atoms with E-state index in [-0.39, 0.29) is 29.5 Å². The Balaban J connectivity index is 1.94. The molecule has 2 saturated heterocycles. The Bertz CT molecular complexity index is 967. The molecular formula is C20H20N2O2. The van der Waals surface area contributed by atoms with Crippen molar-refractivity contribution < 1.29 is 16.4 Å². The lowest BCUT2D eigenvalue weighted by Gasteiger charge is -2.22. The lowest BCUT2D eigenvalue weighted by molar-refractivity contribution is -0.117. The van der Waals surface area contributed by atoms with Gasteiger partial charge in [0.25, 0.3) is 0 Å². The van der Waals surface area contributed by atoms with E-state index in [1.54, 1.807) is 28.0 Å². The Labute approximate surface area is 148 Å². The first-order valence-corrected chi connectivity index (χ1v) is 8.12. The van der Waals surface area contributed by atoms with E-state index < -0.39 is 18.1 Å². The molecule has 122 valence electrons. The van der Waals surface area contributed by atoms with Gasteiger partial charge in [0, 0.05) is 37.3 Å². The van der Waals surface area contributed by atoms with Crippen LogP contribution in [0.2, 0.25) is 0 Å². The van der Waals surface area contributed by atoms with Crippen molar-refractivity contribution in [1.29, 1.82) is 0 Å². The van der Waals surface area contributed by atoms with E-state index in [0.29, 0.717) is 42.9 Å². The van der Waals surface area contributed by atoms with Crippen molar-refractivity contribution in [2.24, 2.45) is 0 Å². The highest BCUT2D eigenvalue weighted by Gasteiger charge is 2.26. The van der Waals surface area contributed by atoms with Crippen LogP contribution in [0.15, 0.2) is 48.4 Å². The molecule has 2 fully saturated rings. The number of hydrogen-bond donors (Lipinski definition) is 0. The molecular weight excluding hydrogens is 300 g/mol. The molecule has 2 aromatic carbocycles. The van der Waals surface area contributed by atoms with Gasteiger partial charge in [-0.2, -0.15) is 0 Å². The van der Waals surface area contributed by atoms with Crippen LogP contribution in [0.25, 0.3) is 11.1 Å². The first kappa shape index (κ1) is 10.3. The van der Waals surface area contributed by atoms with Crippen LogP contribution in [0.1, 0.15) is 32.5 Å². The summed E-state index contributed by atoms with van der Waals surface area (Å²) in [5, 5.41) is 0. The highest BCUT2D eigenvalue weighted by Crippen LogP contribution is 2.34. The number of carbonyl (C=O) groups excluding carboxylic acids is 2. The molecule has 4 nitrogen and oxygen atoms in total. The van der Waals surface area contributed by atoms with E-state index in [0.717, 1.165) is 12.8 Å². The minimum Gasteiger partial charge on any atom is -0.312 e. The Morgan fingerprint density at radius 3 is 1.75 bits per heavy atom. The van der Waals surface area contributed by atoms with Gasteiger partial charge in [-0.25, -0.2) is 0 Å². The first-order valence-electron chi connectivity index (χ1n) is 10.6. The van der Waals surface area contributed by atoms with Crippen molar-refractivity contribution in [3.63, 3.8) is 0 Å². The van der Waals surface area contributed by atoms with Crippen LogP contribution in [0, 0.1) is 0 Å². The quantitative estimate of drug-likeness (QED) is 0.865. The second kappa shape index (κ2) is 6.11. The average Bonchev–Trinajstić information content (AvgIpc) is 3.33. The van der Waals surface area contributed by atoms with Gasteiger partial charge in [0.05, 0.1) is 6.85 Å². The predicted octanol–water partition coefficient (Wildman–Crippen LogP) is 3.61. The summed E-state index contributed by atoms with van der Waals surface area (Å²) in [6.45, 7) is 1.10. The van der Waals surface area contributed by atoms with E-state index in [2.05, 4.69) is 0 Å². The van der Waals surface area contributed by atoms with Crippen LogP contribution < -0.4 is 9.80 Å². The fourth-order valence-electron chi connectivity index (χ4n) is 3.29. The smallest absolute Gasteiger partial charge is 0.227 e. The highest BCUT2D eigenvalue weighted by molar-refractivity contribution is 6.00. The van der Waals surface area contributed by atoms with Crippen molar-refractivity contribution in [3.8, 4) is 11.1 Å². The van der Waals surface area contributed by atoms with Crippen molar-refractivity contribution >= 4 is 23.2 Å². The molecule has 24 heavy (non-hydrogen) atoms. The first-order chi connectivity index (χ1) is 13.8. The Kier molecular flexibility index (Phi) is 2.62. The normalized spacial score (nSPS) is 20.8. The molecule has 0 bridgehead atoms. The molecule has 0 atom stereocenters. The van der Waals surface area contributed by atoms with Gasteiger partial charge in [-0.3, -0.25) is 9.59 Å². The third kappa shape index (κ3) is 2.68. The van der Waals surface area contributed by atoms with Crippen molar-refractivity contribution in [2.75, 3.05) is 22.9 Å². The number of benzene rings is 2. The van der Waals surface area contributed by atoms with E-state index in [9.17, 15) is 9.59 Å². The van der Waals surface area contributed by atoms with Crippen LogP contribution >= 0.6 is 0 Å². The average molecular weight is 325 g/mol. The maximum Gasteiger partial charge on any atom is 0.227 e. The summed E-state index contributed by atoms with van der Waals surface area (Å²) in [6, 6.07) is 3.21. The fourth-order valence-corrected chi connectivity index (χ4v) is 3.29. The summed E-state index contributed by atoms with van der Waals surface area (Å²) in [4.78, 5) is 27.8. The van der Waals surface area contributed by atoms with E-state index in [1.165, 1.54) is 0 Å². The number of nitrogens with zero attached hydrogens (tertiary/aromatic N) is 2. The number of amides is 2. The van der Waals surface area contributed by atoms with Crippen molar-refractivity contribution in [3.05, 3.63) is 48.4 Å². The molecule has 2 amide bonds. The summed E-state index contributed by atoms with van der Waals surface area (Å²) < 4.78 is 40.3. The lowest BCUT2D eigenvalue weighted by Crippen LogP contribution is -2.26. The van der Waals surface area contributed by atoms with Gasteiger partial charge in [-0.05, 0) is 42.2 Å². The van der Waals surface area contributed by atoms with Gasteiger partial charge >= 0.3 is 0 Å². The van der Waals surface area contributed by atoms with E-state index in [4.69, 9.17) is 6.85 Å². The number of hydrogen-bond acceptors (Lipinski definition) is 2. The zero-order chi connectivity index (χ0) is 20.9. The van der Waals surface area contributed by atoms with Crippen LogP contribution in [0.4, 0.5) is 11.4 Å². The minimum absolute atomic E-state index is 0.0260. The highest BCUT2D eigenvalue weighted by atomic mass is 16.2. The molecule has 0 unspecified atom stereocenters. The Morgan fingerprint density at radius 2 is 1.29 bits per heavy atom. The molecule has 0 radical (unpaired) electrons. The van der Waals surface area contributed by atoms with Crippen molar-refractivity contribution in [2.45, 2.75) is 25.7 Å². The molecule has 2 aromatic rings. The SMILES string of the molecule is [2H]c1c([2H])c([2H])c(-c2cc(N3CCCC3=O)cc(N3CCCC3=O)c2)c([2H])c1[2H]. The topological polar surface area (TPSA) is 40.6 Å². The van der Waals surface area contributed by atoms with Gasteiger partial charge in [-0.15, -0.1) is 0 Å². The molecule has 2 aliphatic rings. The van der Waals surface area contributed by atoms with Crippen molar-refractivity contribution in [1.82, 2.24) is 0 Å². The minimum atomic E-state index is -0.454. The third-order valence-corrected chi connectivity index (χ3v) is 4.46. The molecule has 2 aliphatic heterocycles. The standard InChI is InChI=1S/C20H20N2O2/c23-19-8-4-10-21(19)17-12-16(15-6-2-1-3-7-15)13-18(14-17)22-11-5-9-20(22)24/h1-3,6-7,12-14H,4-5,8-11H2/i1D,2D,3D,6D,7D. The van der Waals surface area contributed by atoms with Gasteiger partial charge in [0.1, 0.15) is 0 Å². The maximum absolute atomic E-state index is 12.3. The van der Waals surface area contributed by atoms with Crippen LogP contribution in [0.3, 0.4) is 0 Å². The molecule has 0 saturated carbocycles. The molecule has 0 N–H and O–H groups in total. The number of anilines is 2. The second-order valence-electron chi connectivity index (χ2n) is 6.04. The zero-order valence-electron chi connectivity index (χ0n) is 18.2. The number of rotatable bonds is 3. The third-order valence-electron chi connectivity index (χ3n) is 4.46. The molecule has 2 heterocycles. The largest absolute Gasteiger partial charge is 0.312 e. The summed E-state index contributed by atoms with van der Waals surface area (Å²) >= 11 is 0. The number of carbonyl (C=O) groups is 2. The summed E-state index contributed by atoms with van der Waals surface area (Å²) in [5.41, 5.74) is 1.62. The van der Waals surface area contributed by atoms with Crippen LogP contribution in [-0.4, -0.2) is 24.9 Å². The molecule has 4 heteroatoms. The molecule has 0 aromatic heterocycles. The monoisotopic (exact) mass is 325 g/mol. The summed E-state index contributed by atoms with van der Waals surface area (Å²) in [5.74, 6) is -0.0520. The zero-order valence-corrected chi connectivity index (χ0v) is 13.2. The van der Waals surface area contributed by atoms with Gasteiger partial charge < -0.3 is 9.80 Å². The summed E-state index contributed by atoms with van der Waals surface area (Å²) in [6.07, 6.45) is 2.35. The molecule has 0 spiro atoms. The molecule has 0 aliphatic carbocycles. The van der Waals surface area contributed by atoms with Gasteiger partial charge in [0.2, 0.25) is 11.8 Å². The predicted molar refractivity (Wildman–Crippen MR) is 95.1 cm³/mol. The fraction of sp³-hybridized carbons (Fsp3) is 0.300. The Hall–Kier alpha value is -2.62. The summed E-state index contributed by atoms with van der Waals surface area (Å²) in [7, 11) is 0. The van der Waals surface area contributed by atoms with Crippen LogP contribution in [0.5, 0.6) is 0 Å². The van der Waals surface area contributed by atoms with E-state index in [1.807, 2.05) is 0 Å².